The van der Waals surface area contributed by atoms with Crippen molar-refractivity contribution in [1.29, 1.82) is 0 Å². The quantitative estimate of drug-likeness (QED) is 0.807. The molecule has 0 aliphatic heterocycles. The minimum atomic E-state index is -0.243. The van der Waals surface area contributed by atoms with Crippen molar-refractivity contribution in [1.82, 2.24) is 0 Å². The number of nitrogens with one attached hydrogen (secondary N) is 1. The first-order valence-corrected chi connectivity index (χ1v) is 7.11. The Balaban J connectivity index is 2.08. The van der Waals surface area contributed by atoms with Crippen LogP contribution in [0.3, 0.4) is 0 Å². The lowest BCUT2D eigenvalue weighted by Crippen LogP contribution is -2.01. The van der Waals surface area contributed by atoms with Crippen LogP contribution in [-0.2, 0) is 6.54 Å². The van der Waals surface area contributed by atoms with E-state index in [0.717, 1.165) is 5.69 Å². The van der Waals surface area contributed by atoms with Crippen LogP contribution in [0.15, 0.2) is 47.4 Å². The molecule has 0 aliphatic carbocycles. The van der Waals surface area contributed by atoms with Crippen molar-refractivity contribution in [3.05, 3.63) is 58.9 Å². The van der Waals surface area contributed by atoms with E-state index in [2.05, 4.69) is 5.32 Å². The Morgan fingerprint density at radius 2 is 2.06 bits per heavy atom. The average molecular weight is 282 g/mol. The zero-order valence-corrected chi connectivity index (χ0v) is 11.5. The van der Waals surface area contributed by atoms with E-state index in [-0.39, 0.29) is 5.82 Å². The van der Waals surface area contributed by atoms with E-state index < -0.39 is 0 Å². The molecule has 0 spiro atoms. The van der Waals surface area contributed by atoms with Gasteiger partial charge >= 0.3 is 0 Å². The summed E-state index contributed by atoms with van der Waals surface area (Å²) in [5.74, 6) is -0.243. The van der Waals surface area contributed by atoms with Gasteiger partial charge in [0, 0.05) is 27.7 Å². The maximum Gasteiger partial charge on any atom is 0.128 e. The third-order valence-corrected chi connectivity index (χ3v) is 3.52. The molecule has 0 atom stereocenters. The maximum absolute atomic E-state index is 13.5. The highest BCUT2D eigenvalue weighted by Crippen LogP contribution is 2.20. The molecule has 0 aliphatic rings. The Bertz CT molecular complexity index is 545. The molecule has 18 heavy (non-hydrogen) atoms. The SMILES string of the molecule is CSc1cccc(NCc2cc(Cl)ccc2F)c1. The van der Waals surface area contributed by atoms with Gasteiger partial charge in [-0.3, -0.25) is 0 Å². The first-order chi connectivity index (χ1) is 8.69. The molecule has 0 unspecified atom stereocenters. The number of thioether (sulfide) groups is 1. The molecule has 2 rings (SSSR count). The lowest BCUT2D eigenvalue weighted by atomic mass is 10.2. The number of halogens is 2. The zero-order valence-electron chi connectivity index (χ0n) is 9.91. The van der Waals surface area contributed by atoms with Gasteiger partial charge in [-0.25, -0.2) is 4.39 Å². The van der Waals surface area contributed by atoms with Crippen molar-refractivity contribution in [2.24, 2.45) is 0 Å². The fraction of sp³-hybridized carbons (Fsp3) is 0.143. The van der Waals surface area contributed by atoms with Gasteiger partial charge in [-0.2, -0.15) is 0 Å². The number of rotatable bonds is 4. The molecule has 2 aromatic rings. The minimum Gasteiger partial charge on any atom is -0.381 e. The number of hydrogen-bond donors (Lipinski definition) is 1. The van der Waals surface area contributed by atoms with Gasteiger partial charge in [0.05, 0.1) is 0 Å². The predicted octanol–water partition coefficient (Wildman–Crippen LogP) is 4.81. The van der Waals surface area contributed by atoms with Gasteiger partial charge in [-0.15, -0.1) is 11.8 Å². The number of benzene rings is 2. The Hall–Kier alpha value is -1.19. The predicted molar refractivity (Wildman–Crippen MR) is 77.0 cm³/mol. The van der Waals surface area contributed by atoms with Crippen LogP contribution >= 0.6 is 23.4 Å². The van der Waals surface area contributed by atoms with Gasteiger partial charge in [-0.1, -0.05) is 17.7 Å². The second kappa shape index (κ2) is 6.12. The molecule has 0 radical (unpaired) electrons. The van der Waals surface area contributed by atoms with Crippen molar-refractivity contribution in [2.75, 3.05) is 11.6 Å². The van der Waals surface area contributed by atoms with Gasteiger partial charge < -0.3 is 5.32 Å². The Morgan fingerprint density at radius 1 is 1.22 bits per heavy atom. The molecule has 0 saturated carbocycles. The fourth-order valence-electron chi connectivity index (χ4n) is 1.61. The maximum atomic E-state index is 13.5. The van der Waals surface area contributed by atoms with Gasteiger partial charge in [0.25, 0.3) is 0 Å². The van der Waals surface area contributed by atoms with Crippen LogP contribution in [0, 0.1) is 5.82 Å². The summed E-state index contributed by atoms with van der Waals surface area (Å²) in [5.41, 5.74) is 1.54. The molecule has 0 aromatic heterocycles. The Labute approximate surface area is 115 Å². The molecule has 0 fully saturated rings. The van der Waals surface area contributed by atoms with Gasteiger partial charge in [-0.05, 0) is 42.7 Å². The highest BCUT2D eigenvalue weighted by atomic mass is 35.5. The van der Waals surface area contributed by atoms with Crippen molar-refractivity contribution >= 4 is 29.1 Å². The van der Waals surface area contributed by atoms with E-state index in [4.69, 9.17) is 11.6 Å². The molecule has 0 heterocycles. The van der Waals surface area contributed by atoms with Crippen LogP contribution in [0.1, 0.15) is 5.56 Å². The summed E-state index contributed by atoms with van der Waals surface area (Å²) in [6.45, 7) is 0.421. The summed E-state index contributed by atoms with van der Waals surface area (Å²) in [5, 5.41) is 3.74. The van der Waals surface area contributed by atoms with Crippen molar-refractivity contribution in [3.63, 3.8) is 0 Å². The van der Waals surface area contributed by atoms with E-state index >= 15 is 0 Å². The molecule has 94 valence electrons. The fourth-order valence-corrected chi connectivity index (χ4v) is 2.26. The van der Waals surface area contributed by atoms with Crippen LogP contribution in [0.5, 0.6) is 0 Å². The molecule has 0 bridgehead atoms. The second-order valence-electron chi connectivity index (χ2n) is 3.82. The topological polar surface area (TPSA) is 12.0 Å². The molecular formula is C14H13ClFNS. The van der Waals surface area contributed by atoms with Gasteiger partial charge in [0.2, 0.25) is 0 Å². The van der Waals surface area contributed by atoms with Crippen molar-refractivity contribution < 1.29 is 4.39 Å². The third-order valence-electron chi connectivity index (χ3n) is 2.56. The van der Waals surface area contributed by atoms with E-state index in [0.29, 0.717) is 17.1 Å². The molecule has 0 saturated heterocycles. The molecule has 2 aromatic carbocycles. The summed E-state index contributed by atoms with van der Waals surface area (Å²) in [6, 6.07) is 12.6. The minimum absolute atomic E-state index is 0.243. The standard InChI is InChI=1S/C14H13ClFNS/c1-18-13-4-2-3-12(8-13)17-9-10-7-11(15)5-6-14(10)16/h2-8,17H,9H2,1H3. The van der Waals surface area contributed by atoms with Crippen LogP contribution in [0.4, 0.5) is 10.1 Å². The Kier molecular flexibility index (Phi) is 4.50. The summed E-state index contributed by atoms with van der Waals surface area (Å²) in [4.78, 5) is 1.17. The smallest absolute Gasteiger partial charge is 0.128 e. The Morgan fingerprint density at radius 3 is 2.83 bits per heavy atom. The molecule has 4 heteroatoms. The summed E-state index contributed by atoms with van der Waals surface area (Å²) < 4.78 is 13.5. The van der Waals surface area contributed by atoms with E-state index in [1.165, 1.54) is 11.0 Å². The zero-order chi connectivity index (χ0) is 13.0. The van der Waals surface area contributed by atoms with Crippen LogP contribution < -0.4 is 5.32 Å². The third kappa shape index (κ3) is 3.40. The lowest BCUT2D eigenvalue weighted by Gasteiger charge is -2.08. The van der Waals surface area contributed by atoms with Crippen LogP contribution in [0.2, 0.25) is 5.02 Å². The highest BCUT2D eigenvalue weighted by molar-refractivity contribution is 7.98. The normalized spacial score (nSPS) is 10.4. The summed E-state index contributed by atoms with van der Waals surface area (Å²) in [6.07, 6.45) is 2.02. The van der Waals surface area contributed by atoms with E-state index in [1.807, 2.05) is 30.5 Å². The molecule has 0 amide bonds. The van der Waals surface area contributed by atoms with E-state index in [1.54, 1.807) is 23.9 Å². The van der Waals surface area contributed by atoms with Crippen LogP contribution in [0.25, 0.3) is 0 Å². The lowest BCUT2D eigenvalue weighted by molar-refractivity contribution is 0.613. The van der Waals surface area contributed by atoms with Crippen molar-refractivity contribution in [3.8, 4) is 0 Å². The average Bonchev–Trinajstić information content (AvgIpc) is 2.40. The highest BCUT2D eigenvalue weighted by Gasteiger charge is 2.03. The van der Waals surface area contributed by atoms with Gasteiger partial charge in [0.15, 0.2) is 0 Å². The number of hydrogen-bond acceptors (Lipinski definition) is 2. The second-order valence-corrected chi connectivity index (χ2v) is 5.14. The monoisotopic (exact) mass is 281 g/mol. The van der Waals surface area contributed by atoms with Crippen LogP contribution in [-0.4, -0.2) is 6.26 Å². The molecule has 1 N–H and O–H groups in total. The van der Waals surface area contributed by atoms with Gasteiger partial charge in [0.1, 0.15) is 5.82 Å². The summed E-state index contributed by atoms with van der Waals surface area (Å²) in [7, 11) is 0. The first-order valence-electron chi connectivity index (χ1n) is 5.51. The number of anilines is 1. The van der Waals surface area contributed by atoms with Crippen molar-refractivity contribution in [2.45, 2.75) is 11.4 Å². The largest absolute Gasteiger partial charge is 0.381 e. The molecular weight excluding hydrogens is 269 g/mol. The summed E-state index contributed by atoms with van der Waals surface area (Å²) >= 11 is 7.52. The molecule has 1 nitrogen and oxygen atoms in total. The van der Waals surface area contributed by atoms with E-state index in [9.17, 15) is 4.39 Å². The first kappa shape index (κ1) is 13.2.